The predicted octanol–water partition coefficient (Wildman–Crippen LogP) is 3.38. The molecule has 2 heterocycles. The highest BCUT2D eigenvalue weighted by Crippen LogP contribution is 2.23. The third kappa shape index (κ3) is 6.23. The summed E-state index contributed by atoms with van der Waals surface area (Å²) >= 11 is 1.80. The first-order valence-corrected chi connectivity index (χ1v) is 10.5. The van der Waals surface area contributed by atoms with Gasteiger partial charge in [0.15, 0.2) is 5.96 Å². The van der Waals surface area contributed by atoms with Crippen molar-refractivity contribution >= 4 is 47.0 Å². The van der Waals surface area contributed by atoms with Crippen molar-refractivity contribution in [3.63, 3.8) is 0 Å². The lowest BCUT2D eigenvalue weighted by molar-refractivity contribution is 0.296. The van der Waals surface area contributed by atoms with Crippen LogP contribution in [0, 0.1) is 0 Å². The zero-order valence-electron chi connectivity index (χ0n) is 17.7. The summed E-state index contributed by atoms with van der Waals surface area (Å²) < 4.78 is 5.26. The van der Waals surface area contributed by atoms with Gasteiger partial charge in [0.25, 0.3) is 0 Å². The van der Waals surface area contributed by atoms with Gasteiger partial charge in [0.1, 0.15) is 5.75 Å². The Hall–Kier alpha value is -1.52. The zero-order chi connectivity index (χ0) is 19.9. The Morgan fingerprint density at radius 1 is 1.17 bits per heavy atom. The first kappa shape index (κ1) is 23.8. The van der Waals surface area contributed by atoms with Crippen molar-refractivity contribution in [2.75, 3.05) is 65.9 Å². The third-order valence-corrected chi connectivity index (χ3v) is 6.15. The molecule has 1 fully saturated rings. The number of thiophene rings is 1. The molecule has 0 saturated carbocycles. The number of methoxy groups -OCH3 is 1. The van der Waals surface area contributed by atoms with Crippen LogP contribution in [0.2, 0.25) is 0 Å². The molecule has 1 aromatic carbocycles. The maximum absolute atomic E-state index is 5.26. The maximum Gasteiger partial charge on any atom is 0.193 e. The molecule has 1 atom stereocenters. The van der Waals surface area contributed by atoms with Crippen LogP contribution in [-0.4, -0.2) is 76.7 Å². The Kier molecular flexibility index (Phi) is 9.51. The molecule has 0 spiro atoms. The minimum atomic E-state index is 0. The van der Waals surface area contributed by atoms with Gasteiger partial charge in [0.2, 0.25) is 0 Å². The normalized spacial score (nSPS) is 15.8. The molecule has 29 heavy (non-hydrogen) atoms. The molecule has 2 aromatic rings. The van der Waals surface area contributed by atoms with E-state index in [4.69, 9.17) is 4.74 Å². The van der Waals surface area contributed by atoms with Crippen molar-refractivity contribution in [1.29, 1.82) is 0 Å². The molecule has 3 rings (SSSR count). The fraction of sp³-hybridized carbons (Fsp3) is 0.476. The number of halogens is 1. The van der Waals surface area contributed by atoms with E-state index in [0.717, 1.165) is 44.4 Å². The van der Waals surface area contributed by atoms with Gasteiger partial charge in [0.05, 0.1) is 13.2 Å². The Labute approximate surface area is 195 Å². The molecule has 1 aromatic heterocycles. The number of piperazine rings is 1. The molecule has 8 heteroatoms. The van der Waals surface area contributed by atoms with Crippen LogP contribution >= 0.6 is 35.3 Å². The van der Waals surface area contributed by atoms with Crippen molar-refractivity contribution in [3.05, 3.63) is 46.7 Å². The quantitative estimate of drug-likeness (QED) is 0.353. The number of hydrogen-bond acceptors (Lipinski definition) is 5. The molecule has 1 unspecified atom stereocenters. The molecule has 1 N–H and O–H groups in total. The fourth-order valence-corrected chi connectivity index (χ4v) is 4.43. The minimum Gasteiger partial charge on any atom is -0.497 e. The molecule has 0 bridgehead atoms. The number of ether oxygens (including phenoxy) is 1. The van der Waals surface area contributed by atoms with E-state index in [1.54, 1.807) is 18.4 Å². The van der Waals surface area contributed by atoms with Gasteiger partial charge in [-0.05, 0) is 49.8 Å². The van der Waals surface area contributed by atoms with E-state index >= 15 is 0 Å². The lowest BCUT2D eigenvalue weighted by Crippen LogP contribution is -2.53. The highest BCUT2D eigenvalue weighted by molar-refractivity contribution is 14.0. The standard InChI is InChI=1S/C21H31N5OS.HI/c1-22-21(23-16-19(24(2)3)20-6-5-15-28-20)26-13-11-25(12-14-26)17-7-9-18(27-4)10-8-17;/h5-10,15,19H,11-14,16H2,1-4H3,(H,22,23);1H. The summed E-state index contributed by atoms with van der Waals surface area (Å²) in [6, 6.07) is 13.0. The number of benzene rings is 1. The highest BCUT2D eigenvalue weighted by Gasteiger charge is 2.22. The summed E-state index contributed by atoms with van der Waals surface area (Å²) in [6.45, 7) is 4.72. The minimum absolute atomic E-state index is 0. The van der Waals surface area contributed by atoms with E-state index in [9.17, 15) is 0 Å². The molecule has 1 aliphatic heterocycles. The predicted molar refractivity (Wildman–Crippen MR) is 134 cm³/mol. The van der Waals surface area contributed by atoms with E-state index in [1.165, 1.54) is 10.6 Å². The Bertz CT molecular complexity index is 743. The highest BCUT2D eigenvalue weighted by atomic mass is 127. The number of rotatable bonds is 6. The van der Waals surface area contributed by atoms with Crippen LogP contribution in [0.5, 0.6) is 5.75 Å². The van der Waals surface area contributed by atoms with Crippen molar-refractivity contribution < 1.29 is 4.74 Å². The molecule has 6 nitrogen and oxygen atoms in total. The number of nitrogens with one attached hydrogen (secondary N) is 1. The van der Waals surface area contributed by atoms with Gasteiger partial charge in [-0.15, -0.1) is 35.3 Å². The first-order chi connectivity index (χ1) is 13.6. The lowest BCUT2D eigenvalue weighted by Gasteiger charge is -2.38. The summed E-state index contributed by atoms with van der Waals surface area (Å²) in [5.41, 5.74) is 1.24. The average molecular weight is 529 g/mol. The Morgan fingerprint density at radius 3 is 2.38 bits per heavy atom. The number of anilines is 1. The fourth-order valence-electron chi connectivity index (χ4n) is 3.51. The van der Waals surface area contributed by atoms with Gasteiger partial charge < -0.3 is 24.8 Å². The average Bonchev–Trinajstić information content (AvgIpc) is 3.25. The molecular formula is C21H32IN5OS. The second-order valence-corrected chi connectivity index (χ2v) is 8.07. The van der Waals surface area contributed by atoms with Gasteiger partial charge in [-0.3, -0.25) is 4.99 Å². The van der Waals surface area contributed by atoms with Crippen LogP contribution in [0.4, 0.5) is 5.69 Å². The van der Waals surface area contributed by atoms with E-state index in [2.05, 4.69) is 68.7 Å². The molecule has 1 aliphatic rings. The first-order valence-electron chi connectivity index (χ1n) is 9.66. The van der Waals surface area contributed by atoms with Gasteiger partial charge in [-0.25, -0.2) is 0 Å². The molecule has 1 saturated heterocycles. The van der Waals surface area contributed by atoms with Gasteiger partial charge >= 0.3 is 0 Å². The number of guanidine groups is 1. The van der Waals surface area contributed by atoms with Crippen LogP contribution in [0.3, 0.4) is 0 Å². The van der Waals surface area contributed by atoms with Crippen molar-refractivity contribution in [1.82, 2.24) is 15.1 Å². The third-order valence-electron chi connectivity index (χ3n) is 5.18. The van der Waals surface area contributed by atoms with Gasteiger partial charge in [-0.1, -0.05) is 6.07 Å². The van der Waals surface area contributed by atoms with Crippen LogP contribution in [-0.2, 0) is 0 Å². The maximum atomic E-state index is 5.26. The Balaban J connectivity index is 0.00000300. The van der Waals surface area contributed by atoms with Crippen LogP contribution in [0.15, 0.2) is 46.8 Å². The van der Waals surface area contributed by atoms with E-state index in [-0.39, 0.29) is 24.0 Å². The van der Waals surface area contributed by atoms with Gasteiger partial charge in [0, 0.05) is 50.3 Å². The molecule has 0 radical (unpaired) electrons. The number of likely N-dealkylation sites (N-methyl/N-ethyl adjacent to an activating group) is 1. The van der Waals surface area contributed by atoms with Crippen LogP contribution in [0.25, 0.3) is 0 Å². The second kappa shape index (κ2) is 11.6. The SMILES string of the molecule is CN=C(NCC(c1cccs1)N(C)C)N1CCN(c2ccc(OC)cc2)CC1.I. The lowest BCUT2D eigenvalue weighted by atomic mass is 10.2. The smallest absolute Gasteiger partial charge is 0.193 e. The largest absolute Gasteiger partial charge is 0.497 e. The summed E-state index contributed by atoms with van der Waals surface area (Å²) in [5.74, 6) is 1.88. The number of aliphatic imine (C=N–C) groups is 1. The topological polar surface area (TPSA) is 43.3 Å². The van der Waals surface area contributed by atoms with E-state index in [0.29, 0.717) is 6.04 Å². The van der Waals surface area contributed by atoms with E-state index < -0.39 is 0 Å². The second-order valence-electron chi connectivity index (χ2n) is 7.10. The molecule has 0 aliphatic carbocycles. The summed E-state index contributed by atoms with van der Waals surface area (Å²) in [4.78, 5) is 12.9. The molecular weight excluding hydrogens is 497 g/mol. The Morgan fingerprint density at radius 2 is 1.86 bits per heavy atom. The monoisotopic (exact) mass is 529 g/mol. The van der Waals surface area contributed by atoms with Crippen molar-refractivity contribution in [2.45, 2.75) is 6.04 Å². The van der Waals surface area contributed by atoms with Crippen molar-refractivity contribution in [3.8, 4) is 5.75 Å². The van der Waals surface area contributed by atoms with Crippen molar-refractivity contribution in [2.24, 2.45) is 4.99 Å². The van der Waals surface area contributed by atoms with Crippen LogP contribution in [0.1, 0.15) is 10.9 Å². The molecule has 160 valence electrons. The van der Waals surface area contributed by atoms with E-state index in [1.807, 2.05) is 19.2 Å². The number of hydrogen-bond donors (Lipinski definition) is 1. The zero-order valence-corrected chi connectivity index (χ0v) is 20.8. The summed E-state index contributed by atoms with van der Waals surface area (Å²) in [5, 5.41) is 5.72. The summed E-state index contributed by atoms with van der Waals surface area (Å²) in [7, 11) is 7.82. The van der Waals surface area contributed by atoms with Crippen LogP contribution < -0.4 is 15.0 Å². The summed E-state index contributed by atoms with van der Waals surface area (Å²) in [6.07, 6.45) is 0. The number of nitrogens with zero attached hydrogens (tertiary/aromatic N) is 4. The van der Waals surface area contributed by atoms with Gasteiger partial charge in [-0.2, -0.15) is 0 Å². The molecule has 0 amide bonds.